The first kappa shape index (κ1) is 8.71. The highest BCUT2D eigenvalue weighted by molar-refractivity contribution is 7.31. The molecular formula is C14H13NSi. The third-order valence-electron chi connectivity index (χ3n) is 3.92. The number of fused-ring (bicyclic) bond motifs is 2. The summed E-state index contributed by atoms with van der Waals surface area (Å²) in [5.41, 5.74) is 5.59. The van der Waals surface area contributed by atoms with Crippen molar-refractivity contribution in [2.75, 3.05) is 0 Å². The van der Waals surface area contributed by atoms with E-state index in [0.717, 1.165) is 6.42 Å². The van der Waals surface area contributed by atoms with Crippen molar-refractivity contribution in [3.8, 4) is 0 Å². The Kier molecular flexibility index (Phi) is 1.34. The van der Waals surface area contributed by atoms with Crippen LogP contribution in [0.1, 0.15) is 6.42 Å². The molecule has 1 nitrogen and oxygen atoms in total. The van der Waals surface area contributed by atoms with Gasteiger partial charge in [0, 0.05) is 10.9 Å². The third kappa shape index (κ3) is 0.850. The van der Waals surface area contributed by atoms with Crippen LogP contribution in [0.15, 0.2) is 63.0 Å². The van der Waals surface area contributed by atoms with Crippen LogP contribution in [0.5, 0.6) is 0 Å². The van der Waals surface area contributed by atoms with Crippen molar-refractivity contribution >= 4 is 13.4 Å². The summed E-state index contributed by atoms with van der Waals surface area (Å²) in [6.45, 7) is 4.81. The first-order chi connectivity index (χ1) is 7.69. The van der Waals surface area contributed by atoms with Crippen molar-refractivity contribution in [2.24, 2.45) is 4.99 Å². The first-order valence-electron chi connectivity index (χ1n) is 5.83. The van der Waals surface area contributed by atoms with Crippen LogP contribution in [0.2, 0.25) is 13.1 Å². The van der Waals surface area contributed by atoms with Crippen LogP contribution < -0.4 is 0 Å². The Labute approximate surface area is 96.3 Å². The minimum Gasteiger partial charge on any atom is -0.257 e. The van der Waals surface area contributed by atoms with E-state index in [4.69, 9.17) is 4.99 Å². The zero-order valence-electron chi connectivity index (χ0n) is 9.54. The highest BCUT2D eigenvalue weighted by Gasteiger charge is 2.57. The van der Waals surface area contributed by atoms with E-state index in [0.29, 0.717) is 0 Å². The molecule has 2 heterocycles. The molecule has 0 unspecified atom stereocenters. The molecule has 78 valence electrons. The van der Waals surface area contributed by atoms with Crippen molar-refractivity contribution in [1.29, 1.82) is 0 Å². The molecule has 0 N–H and O–H groups in total. The van der Waals surface area contributed by atoms with E-state index in [1.807, 2.05) is 0 Å². The summed E-state index contributed by atoms with van der Waals surface area (Å²) >= 11 is 0. The highest BCUT2D eigenvalue weighted by Crippen LogP contribution is 2.52. The van der Waals surface area contributed by atoms with Crippen molar-refractivity contribution < 1.29 is 0 Å². The monoisotopic (exact) mass is 223 g/mol. The van der Waals surface area contributed by atoms with Crippen LogP contribution in [-0.2, 0) is 0 Å². The average molecular weight is 223 g/mol. The number of hydrogen-bond donors (Lipinski definition) is 0. The minimum atomic E-state index is -1.19. The molecule has 4 rings (SSSR count). The lowest BCUT2D eigenvalue weighted by Gasteiger charge is -2.08. The fraction of sp³-hybridized carbons (Fsp3) is 0.214. The molecule has 0 radical (unpaired) electrons. The van der Waals surface area contributed by atoms with Gasteiger partial charge in [-0.2, -0.15) is 0 Å². The van der Waals surface area contributed by atoms with Gasteiger partial charge in [0.05, 0.1) is 5.70 Å². The van der Waals surface area contributed by atoms with E-state index in [9.17, 15) is 0 Å². The molecule has 0 bridgehead atoms. The largest absolute Gasteiger partial charge is 0.257 e. The van der Waals surface area contributed by atoms with Gasteiger partial charge in [0.15, 0.2) is 0 Å². The van der Waals surface area contributed by atoms with Gasteiger partial charge in [-0.1, -0.05) is 37.4 Å². The summed E-state index contributed by atoms with van der Waals surface area (Å²) in [5.74, 6) is 0. The average Bonchev–Trinajstić information content (AvgIpc) is 2.79. The maximum Gasteiger partial charge on any atom is 0.138 e. The van der Waals surface area contributed by atoms with E-state index in [2.05, 4.69) is 43.5 Å². The Morgan fingerprint density at radius 3 is 2.81 bits per heavy atom. The Hall–Kier alpha value is -1.41. The normalized spacial score (nSPS) is 27.4. The van der Waals surface area contributed by atoms with Crippen molar-refractivity contribution in [2.45, 2.75) is 19.5 Å². The zero-order valence-corrected chi connectivity index (χ0v) is 10.5. The van der Waals surface area contributed by atoms with Gasteiger partial charge in [0.25, 0.3) is 0 Å². The van der Waals surface area contributed by atoms with Crippen molar-refractivity contribution in [3.63, 3.8) is 0 Å². The molecule has 0 aromatic rings. The van der Waals surface area contributed by atoms with Gasteiger partial charge in [-0.15, -0.1) is 0 Å². The number of aliphatic imine (C=N–C) groups is 1. The quantitative estimate of drug-likeness (QED) is 0.605. The molecule has 0 aromatic heterocycles. The maximum atomic E-state index is 4.76. The van der Waals surface area contributed by atoms with Gasteiger partial charge in [-0.25, -0.2) is 0 Å². The molecule has 0 spiro atoms. The van der Waals surface area contributed by atoms with Gasteiger partial charge in [-0.05, 0) is 28.8 Å². The van der Waals surface area contributed by atoms with E-state index in [1.165, 1.54) is 27.8 Å². The lowest BCUT2D eigenvalue weighted by molar-refractivity contribution is 1.25. The van der Waals surface area contributed by atoms with Crippen molar-refractivity contribution in [3.05, 3.63) is 58.0 Å². The third-order valence-corrected chi connectivity index (χ3v) is 6.96. The smallest absolute Gasteiger partial charge is 0.138 e. The molecule has 2 aliphatic heterocycles. The predicted molar refractivity (Wildman–Crippen MR) is 69.9 cm³/mol. The molecule has 2 aliphatic carbocycles. The van der Waals surface area contributed by atoms with Crippen LogP contribution in [0.3, 0.4) is 0 Å². The Balaban J connectivity index is 1.83. The Morgan fingerprint density at radius 1 is 1.19 bits per heavy atom. The molecule has 0 saturated carbocycles. The second-order valence-electron chi connectivity index (χ2n) is 5.29. The summed E-state index contributed by atoms with van der Waals surface area (Å²) in [7, 11) is -1.19. The predicted octanol–water partition coefficient (Wildman–Crippen LogP) is 3.25. The van der Waals surface area contributed by atoms with E-state index in [1.54, 1.807) is 5.20 Å². The molecule has 2 heteroatoms. The lowest BCUT2D eigenvalue weighted by Crippen LogP contribution is -2.08. The SMILES string of the molecule is C[Si]1(C)C2=NC3=CC=C(C4=CC=CC4)C3=C21. The first-order valence-corrected chi connectivity index (χ1v) is 8.83. The Bertz CT molecular complexity index is 607. The second-order valence-corrected chi connectivity index (χ2v) is 9.52. The summed E-state index contributed by atoms with van der Waals surface area (Å²) in [6.07, 6.45) is 12.1. The second kappa shape index (κ2) is 2.46. The van der Waals surface area contributed by atoms with Gasteiger partial charge in [-0.3, -0.25) is 4.99 Å². The highest BCUT2D eigenvalue weighted by atomic mass is 28.3. The molecule has 4 aliphatic rings. The maximum absolute atomic E-state index is 4.76. The van der Waals surface area contributed by atoms with Gasteiger partial charge in [0.1, 0.15) is 8.07 Å². The van der Waals surface area contributed by atoms with Crippen LogP contribution in [0, 0.1) is 0 Å². The van der Waals surface area contributed by atoms with E-state index < -0.39 is 8.07 Å². The molecular weight excluding hydrogens is 210 g/mol. The minimum absolute atomic E-state index is 1.08. The van der Waals surface area contributed by atoms with Crippen LogP contribution in [-0.4, -0.2) is 13.4 Å². The number of allylic oxidation sites excluding steroid dienone is 8. The summed E-state index contributed by atoms with van der Waals surface area (Å²) in [4.78, 5) is 4.76. The molecule has 16 heavy (non-hydrogen) atoms. The summed E-state index contributed by atoms with van der Waals surface area (Å²) in [6, 6.07) is 0. The number of hydrogen-bond acceptors (Lipinski definition) is 1. The van der Waals surface area contributed by atoms with Gasteiger partial charge in [0.2, 0.25) is 0 Å². The molecule has 1 saturated heterocycles. The summed E-state index contributed by atoms with van der Waals surface area (Å²) in [5, 5.41) is 3.07. The molecule has 0 amide bonds. The fourth-order valence-electron chi connectivity index (χ4n) is 2.93. The number of nitrogens with zero attached hydrogens (tertiary/aromatic N) is 1. The van der Waals surface area contributed by atoms with Crippen molar-refractivity contribution in [1.82, 2.24) is 0 Å². The molecule has 0 atom stereocenters. The topological polar surface area (TPSA) is 12.4 Å². The number of rotatable bonds is 1. The van der Waals surface area contributed by atoms with E-state index >= 15 is 0 Å². The van der Waals surface area contributed by atoms with E-state index in [-0.39, 0.29) is 0 Å². The van der Waals surface area contributed by atoms with Gasteiger partial charge >= 0.3 is 0 Å². The standard InChI is InChI=1S/C14H13NSi/c1-16(2)13-12-10(9-5-3-4-6-9)7-8-11(12)15-14(13)16/h3-5,7-8H,6H2,1-2H3. The van der Waals surface area contributed by atoms with Crippen LogP contribution >= 0.6 is 0 Å². The zero-order chi connectivity index (χ0) is 10.9. The Morgan fingerprint density at radius 2 is 2.06 bits per heavy atom. The van der Waals surface area contributed by atoms with Gasteiger partial charge < -0.3 is 0 Å². The van der Waals surface area contributed by atoms with Crippen LogP contribution in [0.25, 0.3) is 0 Å². The molecule has 0 aromatic carbocycles. The molecule has 1 fully saturated rings. The summed E-state index contributed by atoms with van der Waals surface area (Å²) < 4.78 is 0. The lowest BCUT2D eigenvalue weighted by atomic mass is 9.99. The fourth-order valence-corrected chi connectivity index (χ4v) is 6.05. The van der Waals surface area contributed by atoms with Crippen LogP contribution in [0.4, 0.5) is 0 Å².